The molecule has 1 aromatic heterocycles. The van der Waals surface area contributed by atoms with Crippen LogP contribution in [-0.2, 0) is 25.6 Å². The minimum Gasteiger partial charge on any atom is -0.388 e. The number of aliphatic hydroxyl groups excluding tert-OH is 1. The van der Waals surface area contributed by atoms with Gasteiger partial charge < -0.3 is 24.1 Å². The number of hydrogen-bond donors (Lipinski definition) is 1. The van der Waals surface area contributed by atoms with E-state index in [9.17, 15) is 5.11 Å². The van der Waals surface area contributed by atoms with Gasteiger partial charge in [0.05, 0.1) is 30.1 Å². The smallest absolute Gasteiger partial charge is 0.195 e. The van der Waals surface area contributed by atoms with Crippen molar-refractivity contribution < 1.29 is 24.1 Å². The van der Waals surface area contributed by atoms with Crippen molar-refractivity contribution in [1.82, 2.24) is 15.0 Å². The molecule has 1 aromatic carbocycles. The Morgan fingerprint density at radius 1 is 1.24 bits per heavy atom. The largest absolute Gasteiger partial charge is 0.388 e. The second-order valence-corrected chi connectivity index (χ2v) is 10.4. The normalized spacial score (nSPS) is 42.7. The van der Waals surface area contributed by atoms with E-state index in [0.29, 0.717) is 23.6 Å². The van der Waals surface area contributed by atoms with Gasteiger partial charge in [-0.15, -0.1) is 5.10 Å². The zero-order valence-corrected chi connectivity index (χ0v) is 19.6. The van der Waals surface area contributed by atoms with E-state index < -0.39 is 30.1 Å². The fourth-order valence-corrected chi connectivity index (χ4v) is 6.62. The van der Waals surface area contributed by atoms with Gasteiger partial charge in [0, 0.05) is 11.8 Å². The topological polar surface area (TPSA) is 112 Å². The number of hydrogen-bond acceptors (Lipinski definition) is 8. The third kappa shape index (κ3) is 3.17. The van der Waals surface area contributed by atoms with Crippen molar-refractivity contribution in [3.8, 4) is 11.8 Å². The van der Waals surface area contributed by atoms with Crippen LogP contribution in [0.25, 0.3) is 5.69 Å². The number of rotatable bonds is 4. The molecular weight excluding hydrogens is 436 g/mol. The maximum absolute atomic E-state index is 10.8. The summed E-state index contributed by atoms with van der Waals surface area (Å²) < 4.78 is 27.1. The first-order valence-corrected chi connectivity index (χ1v) is 12.1. The average molecular weight is 467 g/mol. The Labute approximate surface area is 198 Å². The highest BCUT2D eigenvalue weighted by atomic mass is 16.9. The maximum atomic E-state index is 10.8. The van der Waals surface area contributed by atoms with Crippen molar-refractivity contribution >= 4 is 0 Å². The van der Waals surface area contributed by atoms with E-state index in [2.05, 4.69) is 30.2 Å². The van der Waals surface area contributed by atoms with Crippen LogP contribution in [0.3, 0.4) is 0 Å². The minimum atomic E-state index is -1.05. The first-order valence-electron chi connectivity index (χ1n) is 12.1. The van der Waals surface area contributed by atoms with Crippen LogP contribution in [-0.4, -0.2) is 50.2 Å². The summed E-state index contributed by atoms with van der Waals surface area (Å²) >= 11 is 0. The lowest BCUT2D eigenvalue weighted by Gasteiger charge is -2.58. The van der Waals surface area contributed by atoms with Crippen LogP contribution >= 0.6 is 0 Å². The van der Waals surface area contributed by atoms with E-state index in [1.165, 1.54) is 0 Å². The van der Waals surface area contributed by atoms with E-state index in [0.717, 1.165) is 18.5 Å². The summed E-state index contributed by atoms with van der Waals surface area (Å²) in [7, 11) is 0. The van der Waals surface area contributed by atoms with Gasteiger partial charge in [0.25, 0.3) is 0 Å². The Morgan fingerprint density at radius 3 is 2.79 bits per heavy atom. The molecule has 4 fully saturated rings. The first kappa shape index (κ1) is 22.1. The van der Waals surface area contributed by atoms with Crippen LogP contribution in [0.4, 0.5) is 0 Å². The van der Waals surface area contributed by atoms with Crippen LogP contribution in [0, 0.1) is 35.0 Å². The Hall–Kier alpha value is -2.35. The van der Waals surface area contributed by atoms with Gasteiger partial charge in [-0.3, -0.25) is 0 Å². The zero-order chi connectivity index (χ0) is 23.7. The predicted octanol–water partition coefficient (Wildman–Crippen LogP) is 2.90. The molecule has 2 bridgehead atoms. The average Bonchev–Trinajstić information content (AvgIpc) is 3.40. The van der Waals surface area contributed by atoms with Gasteiger partial charge in [-0.05, 0) is 62.3 Å². The minimum absolute atomic E-state index is 0.0982. The molecule has 4 aliphatic rings. The van der Waals surface area contributed by atoms with Gasteiger partial charge in [0.2, 0.25) is 0 Å². The first-order chi connectivity index (χ1) is 16.3. The fourth-order valence-electron chi connectivity index (χ4n) is 6.62. The molecule has 1 saturated carbocycles. The molecule has 180 valence electrons. The van der Waals surface area contributed by atoms with Gasteiger partial charge in [0.15, 0.2) is 18.4 Å². The number of ether oxygens (including phenoxy) is 4. The Bertz CT molecular complexity index is 1120. The lowest BCUT2D eigenvalue weighted by atomic mass is 9.57. The molecule has 0 amide bonds. The SMILES string of the molecule is C[C@H]1[C@@H](OCc2cn(-c3ccc(C#N)cc3)nn2)O[C@@H]2O[C@@]3(C)O[C@]24[C@H]1CC[C@@H](C)[C@@H]4C[C@H]3O. The number of nitriles is 1. The Balaban J connectivity index is 1.19. The molecular formula is C25H30N4O5. The molecule has 3 saturated heterocycles. The second-order valence-electron chi connectivity index (χ2n) is 10.4. The predicted molar refractivity (Wildman–Crippen MR) is 118 cm³/mol. The van der Waals surface area contributed by atoms with E-state index in [1.807, 2.05) is 25.3 Å². The van der Waals surface area contributed by atoms with E-state index in [4.69, 9.17) is 24.2 Å². The van der Waals surface area contributed by atoms with E-state index in [-0.39, 0.29) is 24.4 Å². The lowest BCUT2D eigenvalue weighted by molar-refractivity contribution is -0.341. The number of benzene rings is 1. The fraction of sp³-hybridized carbons (Fsp3) is 0.640. The van der Waals surface area contributed by atoms with E-state index >= 15 is 0 Å². The molecule has 3 aliphatic heterocycles. The van der Waals surface area contributed by atoms with Crippen molar-refractivity contribution in [3.05, 3.63) is 41.7 Å². The summed E-state index contributed by atoms with van der Waals surface area (Å²) in [4.78, 5) is 0. The Kier molecular flexibility index (Phi) is 5.10. The van der Waals surface area contributed by atoms with Crippen LogP contribution in [0.5, 0.6) is 0 Å². The van der Waals surface area contributed by atoms with Crippen molar-refractivity contribution in [2.24, 2.45) is 23.7 Å². The highest BCUT2D eigenvalue weighted by molar-refractivity contribution is 5.38. The van der Waals surface area contributed by atoms with Gasteiger partial charge in [0.1, 0.15) is 17.4 Å². The number of aromatic nitrogens is 3. The van der Waals surface area contributed by atoms with Crippen molar-refractivity contribution in [2.45, 2.75) is 76.7 Å². The molecule has 1 N–H and O–H groups in total. The maximum Gasteiger partial charge on any atom is 0.195 e. The van der Waals surface area contributed by atoms with Gasteiger partial charge >= 0.3 is 0 Å². The van der Waals surface area contributed by atoms with Crippen LogP contribution in [0.2, 0.25) is 0 Å². The number of aliphatic hydroxyl groups is 1. The van der Waals surface area contributed by atoms with Crippen molar-refractivity contribution in [3.63, 3.8) is 0 Å². The highest BCUT2D eigenvalue weighted by Crippen LogP contribution is 2.63. The molecule has 4 heterocycles. The molecule has 2 aromatic rings. The summed E-state index contributed by atoms with van der Waals surface area (Å²) in [6.07, 6.45) is 2.88. The third-order valence-electron chi connectivity index (χ3n) is 8.47. The summed E-state index contributed by atoms with van der Waals surface area (Å²) in [5.74, 6) is -0.0978. The van der Waals surface area contributed by atoms with E-state index in [1.54, 1.807) is 16.8 Å². The van der Waals surface area contributed by atoms with Crippen LogP contribution in [0.1, 0.15) is 51.3 Å². The second kappa shape index (κ2) is 7.83. The lowest BCUT2D eigenvalue weighted by Crippen LogP contribution is -2.67. The number of fused-ring (bicyclic) bond motifs is 1. The van der Waals surface area contributed by atoms with Crippen LogP contribution in [0.15, 0.2) is 30.5 Å². The summed E-state index contributed by atoms with van der Waals surface area (Å²) in [6.45, 7) is 6.47. The van der Waals surface area contributed by atoms with Crippen molar-refractivity contribution in [1.29, 1.82) is 5.26 Å². The summed E-state index contributed by atoms with van der Waals surface area (Å²) in [5.41, 5.74) is 1.56. The molecule has 1 spiro atoms. The highest BCUT2D eigenvalue weighted by Gasteiger charge is 2.73. The molecule has 0 radical (unpaired) electrons. The molecule has 9 nitrogen and oxygen atoms in total. The Morgan fingerprint density at radius 2 is 2.03 bits per heavy atom. The summed E-state index contributed by atoms with van der Waals surface area (Å²) in [5, 5.41) is 28.2. The molecule has 6 rings (SSSR count). The van der Waals surface area contributed by atoms with Crippen LogP contribution < -0.4 is 0 Å². The van der Waals surface area contributed by atoms with Crippen molar-refractivity contribution in [2.75, 3.05) is 0 Å². The van der Waals surface area contributed by atoms with Gasteiger partial charge in [-0.2, -0.15) is 5.26 Å². The number of nitrogens with zero attached hydrogens (tertiary/aromatic N) is 4. The van der Waals surface area contributed by atoms with Gasteiger partial charge in [-0.1, -0.05) is 19.1 Å². The molecule has 9 heteroatoms. The van der Waals surface area contributed by atoms with Gasteiger partial charge in [-0.25, -0.2) is 4.68 Å². The third-order valence-corrected chi connectivity index (χ3v) is 8.47. The molecule has 0 unspecified atom stereocenters. The molecule has 1 aliphatic carbocycles. The quantitative estimate of drug-likeness (QED) is 0.732. The monoisotopic (exact) mass is 466 g/mol. The summed E-state index contributed by atoms with van der Waals surface area (Å²) in [6, 6.07) is 9.26. The molecule has 34 heavy (non-hydrogen) atoms. The molecule has 9 atom stereocenters. The zero-order valence-electron chi connectivity index (χ0n) is 19.6. The standard InChI is InChI=1S/C25H30N4O5/c1-14-4-9-19-15(2)22(32-23-25(19)20(14)10-21(30)24(3,33-23)34-25)31-13-17-12-29(28-27-17)18-7-5-16(11-26)6-8-18/h5-8,12,14-15,19-23,30H,4,9-10,13H2,1-3H3/t14-,15-,19+,20+,21-,22+,23-,24+,25+/m1/s1.